The zero-order valence-electron chi connectivity index (χ0n) is 16.9. The molecule has 0 spiro atoms. The molecule has 0 saturated heterocycles. The van der Waals surface area contributed by atoms with Crippen molar-refractivity contribution in [3.63, 3.8) is 0 Å². The van der Waals surface area contributed by atoms with Gasteiger partial charge in [-0.2, -0.15) is 0 Å². The lowest BCUT2D eigenvalue weighted by Crippen LogP contribution is -2.17. The van der Waals surface area contributed by atoms with Crippen LogP contribution in [0.5, 0.6) is 5.75 Å². The van der Waals surface area contributed by atoms with Gasteiger partial charge in [-0.15, -0.1) is 0 Å². The quantitative estimate of drug-likeness (QED) is 0.0952. The highest BCUT2D eigenvalue weighted by atomic mass is 32.2. The number of carbonyl (C=O) groups is 1. The Bertz CT molecular complexity index is 1230. The van der Waals surface area contributed by atoms with Crippen molar-refractivity contribution in [1.82, 2.24) is 0 Å². The predicted octanol–water partition coefficient (Wildman–Crippen LogP) is 6.14. The van der Waals surface area contributed by atoms with Gasteiger partial charge in [0.2, 0.25) is 0 Å². The van der Waals surface area contributed by atoms with E-state index in [2.05, 4.69) is 0 Å². The van der Waals surface area contributed by atoms with Gasteiger partial charge < -0.3 is 10.5 Å². The summed E-state index contributed by atoms with van der Waals surface area (Å²) in [6.45, 7) is 0. The lowest BCUT2D eigenvalue weighted by molar-refractivity contribution is 0.0722. The minimum Gasteiger partial charge on any atom is -0.423 e. The van der Waals surface area contributed by atoms with Crippen molar-refractivity contribution in [3.8, 4) is 5.75 Å². The molecule has 8 heteroatoms. The van der Waals surface area contributed by atoms with Crippen molar-refractivity contribution in [2.75, 3.05) is 5.73 Å². The molecular formula is C25H16F4NO2S+. The second-order valence-electron chi connectivity index (χ2n) is 6.84. The lowest BCUT2D eigenvalue weighted by Gasteiger charge is -2.10. The number of rotatable bonds is 5. The zero-order chi connectivity index (χ0) is 23.5. The van der Waals surface area contributed by atoms with E-state index in [1.165, 1.54) is 12.1 Å². The number of carbonyl (C=O) groups excluding carboxylic acids is 1. The second-order valence-corrected chi connectivity index (χ2v) is 8.86. The van der Waals surface area contributed by atoms with E-state index < -0.39 is 51.4 Å². The minimum absolute atomic E-state index is 0.0511. The summed E-state index contributed by atoms with van der Waals surface area (Å²) >= 11 is 0. The van der Waals surface area contributed by atoms with E-state index in [0.29, 0.717) is 0 Å². The highest BCUT2D eigenvalue weighted by Crippen LogP contribution is 2.32. The topological polar surface area (TPSA) is 52.3 Å². The summed E-state index contributed by atoms with van der Waals surface area (Å²) in [5.41, 5.74) is 2.13. The monoisotopic (exact) mass is 470 g/mol. The van der Waals surface area contributed by atoms with Crippen LogP contribution in [-0.2, 0) is 10.9 Å². The van der Waals surface area contributed by atoms with Crippen LogP contribution in [0.2, 0.25) is 0 Å². The first kappa shape index (κ1) is 22.4. The highest BCUT2D eigenvalue weighted by Gasteiger charge is 2.31. The minimum atomic E-state index is -1.91. The maximum absolute atomic E-state index is 14.0. The fourth-order valence-corrected chi connectivity index (χ4v) is 5.23. The second kappa shape index (κ2) is 9.38. The van der Waals surface area contributed by atoms with Crippen LogP contribution in [0.4, 0.5) is 23.2 Å². The Morgan fingerprint density at radius 3 is 1.52 bits per heavy atom. The fourth-order valence-electron chi connectivity index (χ4n) is 3.15. The third-order valence-electron chi connectivity index (χ3n) is 4.73. The van der Waals surface area contributed by atoms with Crippen LogP contribution in [-0.4, -0.2) is 5.97 Å². The number of hydrogen-bond acceptors (Lipinski definition) is 3. The van der Waals surface area contributed by atoms with Crippen molar-refractivity contribution in [2.45, 2.75) is 14.7 Å². The Hall–Kier alpha value is -3.78. The van der Waals surface area contributed by atoms with Gasteiger partial charge in [-0.25, -0.2) is 22.4 Å². The number of ether oxygens (including phenoxy) is 1. The molecule has 0 atom stereocenters. The molecule has 0 bridgehead atoms. The third kappa shape index (κ3) is 4.42. The normalized spacial score (nSPS) is 10.9. The summed E-state index contributed by atoms with van der Waals surface area (Å²) in [6, 6.07) is 25.9. The van der Waals surface area contributed by atoms with Crippen LogP contribution in [0.15, 0.2) is 99.6 Å². The SMILES string of the molecule is Nc1c(F)c(F)c(C(=O)Oc2ccc([S+](c3ccccc3)c3ccccc3)cc2)c(F)c1F. The molecule has 4 aromatic rings. The molecule has 0 radical (unpaired) electrons. The maximum Gasteiger partial charge on any atom is 0.349 e. The number of hydrogen-bond donors (Lipinski definition) is 1. The maximum atomic E-state index is 14.0. The molecule has 4 rings (SSSR count). The van der Waals surface area contributed by atoms with Crippen molar-refractivity contribution in [2.24, 2.45) is 0 Å². The molecular weight excluding hydrogens is 454 g/mol. The van der Waals surface area contributed by atoms with Gasteiger partial charge in [-0.1, -0.05) is 36.4 Å². The van der Waals surface area contributed by atoms with Crippen LogP contribution >= 0.6 is 0 Å². The molecule has 33 heavy (non-hydrogen) atoms. The Morgan fingerprint density at radius 1 is 0.636 bits per heavy atom. The van der Waals surface area contributed by atoms with E-state index in [0.717, 1.165) is 14.7 Å². The molecule has 0 fully saturated rings. The zero-order valence-corrected chi connectivity index (χ0v) is 17.7. The van der Waals surface area contributed by atoms with Crippen molar-refractivity contribution in [1.29, 1.82) is 0 Å². The molecule has 0 saturated carbocycles. The average molecular weight is 470 g/mol. The van der Waals surface area contributed by atoms with Crippen LogP contribution in [0.25, 0.3) is 0 Å². The molecule has 0 aliphatic heterocycles. The van der Waals surface area contributed by atoms with E-state index >= 15 is 0 Å². The highest BCUT2D eigenvalue weighted by molar-refractivity contribution is 7.97. The van der Waals surface area contributed by atoms with E-state index in [1.54, 1.807) is 12.1 Å². The largest absolute Gasteiger partial charge is 0.423 e. The molecule has 0 unspecified atom stereocenters. The predicted molar refractivity (Wildman–Crippen MR) is 117 cm³/mol. The van der Waals surface area contributed by atoms with Crippen molar-refractivity contribution in [3.05, 3.63) is 114 Å². The summed E-state index contributed by atoms with van der Waals surface area (Å²) in [5.74, 6) is -9.17. The molecule has 4 aromatic carbocycles. The van der Waals surface area contributed by atoms with Gasteiger partial charge in [0.15, 0.2) is 38.0 Å². The molecule has 0 aliphatic carbocycles. The number of nitrogens with two attached hydrogens (primary N) is 1. The van der Waals surface area contributed by atoms with Gasteiger partial charge in [0.1, 0.15) is 17.0 Å². The average Bonchev–Trinajstić information content (AvgIpc) is 2.84. The molecule has 0 aliphatic rings. The molecule has 3 nitrogen and oxygen atoms in total. The number of nitrogen functional groups attached to an aromatic ring is 1. The van der Waals surface area contributed by atoms with E-state index in [9.17, 15) is 22.4 Å². The summed E-state index contributed by atoms with van der Waals surface area (Å²) < 4.78 is 60.4. The van der Waals surface area contributed by atoms with Gasteiger partial charge in [0.25, 0.3) is 0 Å². The molecule has 2 N–H and O–H groups in total. The van der Waals surface area contributed by atoms with Gasteiger partial charge in [0, 0.05) is 0 Å². The fraction of sp³-hybridized carbons (Fsp3) is 0. The number of anilines is 1. The first-order valence-corrected chi connectivity index (χ1v) is 10.9. The Kier molecular flexibility index (Phi) is 6.37. The van der Waals surface area contributed by atoms with Crippen LogP contribution in [0.3, 0.4) is 0 Å². The molecule has 0 amide bonds. The first-order chi connectivity index (χ1) is 15.9. The van der Waals surface area contributed by atoms with Gasteiger partial charge in [-0.05, 0) is 48.5 Å². The van der Waals surface area contributed by atoms with E-state index in [1.807, 2.05) is 60.7 Å². The number of esters is 1. The van der Waals surface area contributed by atoms with Crippen LogP contribution < -0.4 is 10.5 Å². The summed E-state index contributed by atoms with van der Waals surface area (Å²) in [6.07, 6.45) is 0. The van der Waals surface area contributed by atoms with Crippen molar-refractivity contribution < 1.29 is 27.1 Å². The van der Waals surface area contributed by atoms with Gasteiger partial charge >= 0.3 is 5.97 Å². The summed E-state index contributed by atoms with van der Waals surface area (Å²) in [7, 11) is -0.461. The standard InChI is InChI=1S/C25H15F4NO2S/c26-20-19(21(27)23(29)24(30)22(20)28)25(31)32-15-11-13-18(14-12-15)33(16-7-3-1-4-8-16)17-9-5-2-6-10-17/h1-14H,(H-,30,31)/p+1. The van der Waals surface area contributed by atoms with E-state index in [4.69, 9.17) is 10.5 Å². The summed E-state index contributed by atoms with van der Waals surface area (Å²) in [5, 5.41) is 0. The summed E-state index contributed by atoms with van der Waals surface area (Å²) in [4.78, 5) is 15.3. The smallest absolute Gasteiger partial charge is 0.349 e. The lowest BCUT2D eigenvalue weighted by atomic mass is 10.1. The van der Waals surface area contributed by atoms with E-state index in [-0.39, 0.29) is 5.75 Å². The Labute approximate surface area is 189 Å². The molecule has 0 aromatic heterocycles. The number of halogens is 4. The van der Waals surface area contributed by atoms with Crippen molar-refractivity contribution >= 4 is 22.6 Å². The molecule has 166 valence electrons. The Morgan fingerprint density at radius 2 is 1.06 bits per heavy atom. The van der Waals surface area contributed by atoms with Gasteiger partial charge in [0.05, 0.1) is 10.9 Å². The first-order valence-electron chi connectivity index (χ1n) is 9.66. The van der Waals surface area contributed by atoms with Crippen LogP contribution in [0, 0.1) is 23.3 Å². The van der Waals surface area contributed by atoms with Gasteiger partial charge in [-0.3, -0.25) is 0 Å². The number of benzene rings is 4. The third-order valence-corrected chi connectivity index (χ3v) is 6.96. The molecule has 0 heterocycles. The van der Waals surface area contributed by atoms with Crippen LogP contribution in [0.1, 0.15) is 10.4 Å². The Balaban J connectivity index is 1.64.